The average molecular weight is 340 g/mol. The third kappa shape index (κ3) is 4.05. The Morgan fingerprint density at radius 1 is 0.731 bits per heavy atom. The van der Waals surface area contributed by atoms with Crippen molar-refractivity contribution in [2.24, 2.45) is 0 Å². The molecule has 4 rings (SSSR count). The zero-order valence-electron chi connectivity index (χ0n) is 14.4. The summed E-state index contributed by atoms with van der Waals surface area (Å²) >= 11 is 0. The smallest absolute Gasteiger partial charge is 0.150 e. The Morgan fingerprint density at radius 2 is 1.27 bits per heavy atom. The molecular formula is C24H20O2. The van der Waals surface area contributed by atoms with Gasteiger partial charge in [0.2, 0.25) is 0 Å². The SMILES string of the molecule is C=CC(O)c1ccc2ccccc2c1.O=Cc1ccc2ccccc2c1. The molecule has 4 aromatic rings. The number of hydrogen-bond donors (Lipinski definition) is 1. The lowest BCUT2D eigenvalue weighted by Crippen LogP contribution is -1.91. The molecule has 0 aromatic heterocycles. The van der Waals surface area contributed by atoms with Crippen LogP contribution in [0.15, 0.2) is 97.6 Å². The molecule has 2 nitrogen and oxygen atoms in total. The van der Waals surface area contributed by atoms with E-state index in [-0.39, 0.29) is 0 Å². The van der Waals surface area contributed by atoms with Crippen molar-refractivity contribution in [3.05, 3.63) is 109 Å². The van der Waals surface area contributed by atoms with Crippen molar-refractivity contribution in [3.63, 3.8) is 0 Å². The molecule has 0 radical (unpaired) electrons. The van der Waals surface area contributed by atoms with Crippen LogP contribution in [0.3, 0.4) is 0 Å². The molecule has 0 saturated carbocycles. The largest absolute Gasteiger partial charge is 0.384 e. The highest BCUT2D eigenvalue weighted by molar-refractivity contribution is 5.88. The van der Waals surface area contributed by atoms with E-state index in [4.69, 9.17) is 0 Å². The van der Waals surface area contributed by atoms with Gasteiger partial charge in [-0.25, -0.2) is 0 Å². The minimum absolute atomic E-state index is 0.570. The molecule has 1 unspecified atom stereocenters. The van der Waals surface area contributed by atoms with E-state index in [0.717, 1.165) is 28.2 Å². The molecule has 0 amide bonds. The van der Waals surface area contributed by atoms with Gasteiger partial charge in [0.15, 0.2) is 0 Å². The second-order valence-electron chi connectivity index (χ2n) is 6.01. The molecule has 0 aliphatic rings. The minimum atomic E-state index is -0.570. The number of aliphatic hydroxyl groups is 1. The van der Waals surface area contributed by atoms with Crippen LogP contribution in [0.1, 0.15) is 22.0 Å². The van der Waals surface area contributed by atoms with Gasteiger partial charge in [0.1, 0.15) is 6.29 Å². The number of rotatable bonds is 3. The number of benzene rings is 4. The fourth-order valence-corrected chi connectivity index (χ4v) is 2.81. The van der Waals surface area contributed by atoms with Gasteiger partial charge in [0, 0.05) is 5.56 Å². The van der Waals surface area contributed by atoms with Gasteiger partial charge in [-0.2, -0.15) is 0 Å². The summed E-state index contributed by atoms with van der Waals surface area (Å²) in [5.41, 5.74) is 1.62. The highest BCUT2D eigenvalue weighted by Crippen LogP contribution is 2.20. The topological polar surface area (TPSA) is 37.3 Å². The molecular weight excluding hydrogens is 320 g/mol. The van der Waals surface area contributed by atoms with E-state index in [1.165, 1.54) is 16.8 Å². The van der Waals surface area contributed by atoms with E-state index >= 15 is 0 Å². The Bertz CT molecular complexity index is 1050. The van der Waals surface area contributed by atoms with Crippen LogP contribution >= 0.6 is 0 Å². The molecule has 1 N–H and O–H groups in total. The van der Waals surface area contributed by atoms with Crippen LogP contribution in [0.5, 0.6) is 0 Å². The van der Waals surface area contributed by atoms with Crippen LogP contribution in [0, 0.1) is 0 Å². The fourth-order valence-electron chi connectivity index (χ4n) is 2.81. The van der Waals surface area contributed by atoms with Gasteiger partial charge >= 0.3 is 0 Å². The Morgan fingerprint density at radius 3 is 1.85 bits per heavy atom. The average Bonchev–Trinajstić information content (AvgIpc) is 2.72. The van der Waals surface area contributed by atoms with Crippen molar-refractivity contribution >= 4 is 27.8 Å². The van der Waals surface area contributed by atoms with Crippen LogP contribution < -0.4 is 0 Å². The molecule has 26 heavy (non-hydrogen) atoms. The molecule has 0 fully saturated rings. The van der Waals surface area contributed by atoms with Gasteiger partial charge in [0.05, 0.1) is 6.10 Å². The van der Waals surface area contributed by atoms with Gasteiger partial charge in [0.25, 0.3) is 0 Å². The maximum atomic E-state index is 10.5. The third-order valence-corrected chi connectivity index (χ3v) is 4.25. The maximum absolute atomic E-state index is 10.5. The first-order valence-corrected chi connectivity index (χ1v) is 8.44. The zero-order chi connectivity index (χ0) is 18.4. The maximum Gasteiger partial charge on any atom is 0.150 e. The van der Waals surface area contributed by atoms with Gasteiger partial charge in [-0.1, -0.05) is 78.9 Å². The molecule has 0 heterocycles. The van der Waals surface area contributed by atoms with E-state index < -0.39 is 6.10 Å². The third-order valence-electron chi connectivity index (χ3n) is 4.25. The van der Waals surface area contributed by atoms with Gasteiger partial charge in [-0.15, -0.1) is 6.58 Å². The second-order valence-corrected chi connectivity index (χ2v) is 6.01. The van der Waals surface area contributed by atoms with Crippen LogP contribution in [-0.4, -0.2) is 11.4 Å². The molecule has 0 saturated heterocycles. The van der Waals surface area contributed by atoms with Crippen LogP contribution in [-0.2, 0) is 0 Å². The Hall–Kier alpha value is -3.23. The molecule has 0 bridgehead atoms. The monoisotopic (exact) mass is 340 g/mol. The number of carbonyl (C=O) groups excluding carboxylic acids is 1. The van der Waals surface area contributed by atoms with E-state index in [2.05, 4.69) is 12.6 Å². The summed E-state index contributed by atoms with van der Waals surface area (Å²) in [6.07, 6.45) is 1.83. The van der Waals surface area contributed by atoms with Crippen LogP contribution in [0.2, 0.25) is 0 Å². The van der Waals surface area contributed by atoms with E-state index in [1.54, 1.807) is 0 Å². The summed E-state index contributed by atoms with van der Waals surface area (Å²) in [5.74, 6) is 0. The Kier molecular flexibility index (Phi) is 5.57. The highest BCUT2D eigenvalue weighted by Gasteiger charge is 2.02. The van der Waals surface area contributed by atoms with Crippen molar-refractivity contribution in [2.45, 2.75) is 6.10 Å². The first-order valence-electron chi connectivity index (χ1n) is 8.44. The van der Waals surface area contributed by atoms with Gasteiger partial charge < -0.3 is 5.11 Å². The Balaban J connectivity index is 0.000000152. The molecule has 128 valence electrons. The summed E-state index contributed by atoms with van der Waals surface area (Å²) in [7, 11) is 0. The number of aliphatic hydroxyl groups excluding tert-OH is 1. The number of aldehydes is 1. The van der Waals surface area contributed by atoms with Crippen molar-refractivity contribution < 1.29 is 9.90 Å². The summed E-state index contributed by atoms with van der Waals surface area (Å²) < 4.78 is 0. The summed E-state index contributed by atoms with van der Waals surface area (Å²) in [5, 5.41) is 14.2. The number of carbonyl (C=O) groups is 1. The summed E-state index contributed by atoms with van der Waals surface area (Å²) in [4.78, 5) is 10.5. The van der Waals surface area contributed by atoms with Crippen LogP contribution in [0.4, 0.5) is 0 Å². The second kappa shape index (κ2) is 8.24. The first-order chi connectivity index (χ1) is 12.7. The normalized spacial score (nSPS) is 11.4. The predicted octanol–water partition coefficient (Wildman–Crippen LogP) is 5.71. The highest BCUT2D eigenvalue weighted by atomic mass is 16.3. The first kappa shape index (κ1) is 17.6. The quantitative estimate of drug-likeness (QED) is 0.383. The van der Waals surface area contributed by atoms with Crippen molar-refractivity contribution in [3.8, 4) is 0 Å². The van der Waals surface area contributed by atoms with Gasteiger partial charge in [-0.3, -0.25) is 4.79 Å². The number of hydrogen-bond acceptors (Lipinski definition) is 2. The molecule has 0 aliphatic carbocycles. The number of fused-ring (bicyclic) bond motifs is 2. The van der Waals surface area contributed by atoms with Crippen molar-refractivity contribution in [1.82, 2.24) is 0 Å². The molecule has 0 spiro atoms. The molecule has 4 aromatic carbocycles. The van der Waals surface area contributed by atoms with E-state index in [0.29, 0.717) is 0 Å². The molecule has 2 heteroatoms. The lowest BCUT2D eigenvalue weighted by atomic mass is 10.0. The zero-order valence-corrected chi connectivity index (χ0v) is 14.4. The summed E-state index contributed by atoms with van der Waals surface area (Å²) in [6, 6.07) is 27.7. The van der Waals surface area contributed by atoms with Crippen LogP contribution in [0.25, 0.3) is 21.5 Å². The summed E-state index contributed by atoms with van der Waals surface area (Å²) in [6.45, 7) is 3.57. The minimum Gasteiger partial charge on any atom is -0.384 e. The standard InChI is InChI=1S/C13H12O.C11H8O/c1-2-13(14)12-8-7-10-5-3-4-6-11(10)9-12;12-8-9-5-6-10-3-1-2-4-11(10)7-9/h2-9,13-14H,1H2;1-8H. The van der Waals surface area contributed by atoms with Crippen molar-refractivity contribution in [2.75, 3.05) is 0 Å². The molecule has 0 aliphatic heterocycles. The van der Waals surface area contributed by atoms with E-state index in [9.17, 15) is 9.90 Å². The Labute approximate surface area is 153 Å². The predicted molar refractivity (Wildman–Crippen MR) is 108 cm³/mol. The molecule has 1 atom stereocenters. The lowest BCUT2D eigenvalue weighted by molar-refractivity contribution is 0.112. The van der Waals surface area contributed by atoms with Crippen molar-refractivity contribution in [1.29, 1.82) is 0 Å². The lowest BCUT2D eigenvalue weighted by Gasteiger charge is -2.06. The fraction of sp³-hybridized carbons (Fsp3) is 0.0417. The van der Waals surface area contributed by atoms with Gasteiger partial charge in [-0.05, 0) is 39.2 Å². The van der Waals surface area contributed by atoms with E-state index in [1.807, 2.05) is 78.9 Å².